The van der Waals surface area contributed by atoms with E-state index in [1.807, 2.05) is 12.1 Å². The number of alkyl halides is 1. The van der Waals surface area contributed by atoms with Crippen molar-refractivity contribution in [3.05, 3.63) is 47.5 Å². The number of Topliss-reactive ketones (excluding diaryl/α,β-unsaturated/α-hetero) is 2. The van der Waals surface area contributed by atoms with Crippen molar-refractivity contribution in [2.45, 2.75) is 6.92 Å². The Bertz CT molecular complexity index is 845. The first-order valence-corrected chi connectivity index (χ1v) is 7.28. The summed E-state index contributed by atoms with van der Waals surface area (Å²) in [6.07, 6.45) is 0. The minimum Gasteiger partial charge on any atom is -0.456 e. The molecule has 0 amide bonds. The minimum absolute atomic E-state index is 0.00233. The van der Waals surface area contributed by atoms with Crippen molar-refractivity contribution < 1.29 is 14.0 Å². The van der Waals surface area contributed by atoms with E-state index in [0.717, 1.165) is 10.8 Å². The average Bonchev–Trinajstić information content (AvgIpc) is 2.82. The minimum atomic E-state index is 0.00233. The van der Waals surface area contributed by atoms with Gasteiger partial charge in [0.05, 0.1) is 5.33 Å². The second-order valence-corrected chi connectivity index (χ2v) is 5.20. The normalized spacial score (nSPS) is 11.1. The van der Waals surface area contributed by atoms with Crippen LogP contribution in [0.2, 0.25) is 0 Å². The van der Waals surface area contributed by atoms with Crippen LogP contribution in [0.25, 0.3) is 21.9 Å². The van der Waals surface area contributed by atoms with Gasteiger partial charge in [-0.3, -0.25) is 9.59 Å². The van der Waals surface area contributed by atoms with Crippen LogP contribution in [0.1, 0.15) is 27.6 Å². The molecule has 0 aliphatic rings. The van der Waals surface area contributed by atoms with Crippen LogP contribution >= 0.6 is 15.9 Å². The van der Waals surface area contributed by atoms with E-state index in [1.54, 1.807) is 24.3 Å². The standard InChI is InChI=1S/C16H11BrO3/c1-9(18)10-2-4-12-13-5-3-11(14(19)8-17)7-16(13)20-15(12)6-10/h2-7H,8H2,1H3. The van der Waals surface area contributed by atoms with E-state index >= 15 is 0 Å². The van der Waals surface area contributed by atoms with E-state index in [2.05, 4.69) is 15.9 Å². The summed E-state index contributed by atoms with van der Waals surface area (Å²) in [5, 5.41) is 2.18. The molecule has 3 aromatic rings. The number of benzene rings is 2. The molecule has 100 valence electrons. The van der Waals surface area contributed by atoms with Gasteiger partial charge in [-0.1, -0.05) is 28.1 Å². The summed E-state index contributed by atoms with van der Waals surface area (Å²) in [5.74, 6) is 0.0132. The van der Waals surface area contributed by atoms with Crippen molar-refractivity contribution >= 4 is 49.4 Å². The summed E-state index contributed by atoms with van der Waals surface area (Å²) in [4.78, 5) is 23.1. The third-order valence-corrected chi connectivity index (χ3v) is 3.83. The fraction of sp³-hybridized carbons (Fsp3) is 0.125. The summed E-state index contributed by atoms with van der Waals surface area (Å²) in [6, 6.07) is 10.8. The number of ketones is 2. The predicted molar refractivity (Wildman–Crippen MR) is 81.8 cm³/mol. The average molecular weight is 331 g/mol. The third kappa shape index (κ3) is 2.06. The Labute approximate surface area is 123 Å². The molecule has 3 nitrogen and oxygen atoms in total. The van der Waals surface area contributed by atoms with Crippen molar-refractivity contribution in [1.29, 1.82) is 0 Å². The molecule has 0 N–H and O–H groups in total. The Morgan fingerprint density at radius 3 is 2.10 bits per heavy atom. The Morgan fingerprint density at radius 1 is 1.00 bits per heavy atom. The zero-order valence-electron chi connectivity index (χ0n) is 10.8. The molecule has 4 heteroatoms. The van der Waals surface area contributed by atoms with E-state index in [4.69, 9.17) is 4.42 Å². The lowest BCUT2D eigenvalue weighted by Gasteiger charge is -1.96. The zero-order chi connectivity index (χ0) is 14.3. The van der Waals surface area contributed by atoms with Crippen LogP contribution in [-0.4, -0.2) is 16.9 Å². The lowest BCUT2D eigenvalue weighted by Crippen LogP contribution is -1.98. The van der Waals surface area contributed by atoms with Gasteiger partial charge in [0.1, 0.15) is 11.2 Å². The molecule has 0 atom stereocenters. The van der Waals surface area contributed by atoms with Crippen molar-refractivity contribution in [3.63, 3.8) is 0 Å². The molecular weight excluding hydrogens is 320 g/mol. The van der Waals surface area contributed by atoms with Crippen LogP contribution in [0.4, 0.5) is 0 Å². The van der Waals surface area contributed by atoms with Gasteiger partial charge >= 0.3 is 0 Å². The molecule has 0 saturated heterocycles. The summed E-state index contributed by atoms with van der Waals surface area (Å²) in [5.41, 5.74) is 2.55. The van der Waals surface area contributed by atoms with Gasteiger partial charge in [-0.05, 0) is 31.2 Å². The molecule has 0 aliphatic heterocycles. The van der Waals surface area contributed by atoms with Gasteiger partial charge in [-0.25, -0.2) is 0 Å². The maximum Gasteiger partial charge on any atom is 0.173 e. The maximum absolute atomic E-state index is 11.7. The van der Waals surface area contributed by atoms with Crippen LogP contribution in [-0.2, 0) is 0 Å². The number of furan rings is 1. The Hall–Kier alpha value is -1.94. The van der Waals surface area contributed by atoms with Crippen molar-refractivity contribution in [2.75, 3.05) is 5.33 Å². The SMILES string of the molecule is CC(=O)c1ccc2c(c1)oc1cc(C(=O)CBr)ccc12. The lowest BCUT2D eigenvalue weighted by atomic mass is 10.1. The summed E-state index contributed by atoms with van der Waals surface area (Å²) in [7, 11) is 0. The number of halogens is 1. The first-order chi connectivity index (χ1) is 9.60. The second-order valence-electron chi connectivity index (χ2n) is 4.64. The number of hydrogen-bond donors (Lipinski definition) is 0. The van der Waals surface area contributed by atoms with Gasteiger partial charge in [-0.2, -0.15) is 0 Å². The third-order valence-electron chi connectivity index (χ3n) is 3.32. The molecular formula is C16H11BrO3. The van der Waals surface area contributed by atoms with Gasteiger partial charge in [0.25, 0.3) is 0 Å². The van der Waals surface area contributed by atoms with Crippen LogP contribution in [0.3, 0.4) is 0 Å². The molecule has 0 radical (unpaired) electrons. The second kappa shape index (κ2) is 4.87. The van der Waals surface area contributed by atoms with Crippen LogP contribution in [0, 0.1) is 0 Å². The monoisotopic (exact) mass is 330 g/mol. The fourth-order valence-electron chi connectivity index (χ4n) is 2.25. The molecule has 1 aromatic heterocycles. The van der Waals surface area contributed by atoms with E-state index in [9.17, 15) is 9.59 Å². The molecule has 3 rings (SSSR count). The van der Waals surface area contributed by atoms with Crippen molar-refractivity contribution in [1.82, 2.24) is 0 Å². The highest BCUT2D eigenvalue weighted by atomic mass is 79.9. The zero-order valence-corrected chi connectivity index (χ0v) is 12.4. The molecule has 0 fully saturated rings. The largest absolute Gasteiger partial charge is 0.456 e. The highest BCUT2D eigenvalue weighted by molar-refractivity contribution is 9.09. The molecule has 0 spiro atoms. The number of carbonyl (C=O) groups excluding carboxylic acids is 2. The summed E-state index contributed by atoms with van der Waals surface area (Å²) >= 11 is 3.16. The summed E-state index contributed by atoms with van der Waals surface area (Å²) < 4.78 is 5.76. The molecule has 1 heterocycles. The Kier molecular flexibility index (Phi) is 3.18. The number of hydrogen-bond acceptors (Lipinski definition) is 3. The quantitative estimate of drug-likeness (QED) is 0.529. The topological polar surface area (TPSA) is 47.3 Å². The summed E-state index contributed by atoms with van der Waals surface area (Å²) in [6.45, 7) is 1.52. The van der Waals surface area contributed by atoms with Crippen molar-refractivity contribution in [2.24, 2.45) is 0 Å². The van der Waals surface area contributed by atoms with Gasteiger partial charge in [0.2, 0.25) is 0 Å². The number of carbonyl (C=O) groups is 2. The molecule has 2 aromatic carbocycles. The lowest BCUT2D eigenvalue weighted by molar-refractivity contribution is 0.101. The van der Waals surface area contributed by atoms with Gasteiger partial charge in [0, 0.05) is 21.9 Å². The van der Waals surface area contributed by atoms with E-state index in [1.165, 1.54) is 6.92 Å². The Morgan fingerprint density at radius 2 is 1.55 bits per heavy atom. The maximum atomic E-state index is 11.7. The first-order valence-electron chi connectivity index (χ1n) is 6.16. The molecule has 0 bridgehead atoms. The van der Waals surface area contributed by atoms with E-state index in [-0.39, 0.29) is 16.9 Å². The fourth-order valence-corrected chi connectivity index (χ4v) is 2.57. The van der Waals surface area contributed by atoms with Crippen LogP contribution < -0.4 is 0 Å². The number of fused-ring (bicyclic) bond motifs is 3. The predicted octanol–water partition coefficient (Wildman–Crippen LogP) is 4.37. The smallest absolute Gasteiger partial charge is 0.173 e. The number of rotatable bonds is 3. The van der Waals surface area contributed by atoms with E-state index < -0.39 is 0 Å². The van der Waals surface area contributed by atoms with Gasteiger partial charge < -0.3 is 4.42 Å². The molecule has 20 heavy (non-hydrogen) atoms. The van der Waals surface area contributed by atoms with Crippen molar-refractivity contribution in [3.8, 4) is 0 Å². The van der Waals surface area contributed by atoms with Crippen LogP contribution in [0.5, 0.6) is 0 Å². The van der Waals surface area contributed by atoms with E-state index in [0.29, 0.717) is 22.3 Å². The highest BCUT2D eigenvalue weighted by Crippen LogP contribution is 2.30. The molecule has 0 saturated carbocycles. The first kappa shape index (κ1) is 13.1. The Balaban J connectivity index is 2.24. The molecule has 0 aliphatic carbocycles. The highest BCUT2D eigenvalue weighted by Gasteiger charge is 2.11. The van der Waals surface area contributed by atoms with Crippen LogP contribution in [0.15, 0.2) is 40.8 Å². The van der Waals surface area contributed by atoms with Gasteiger partial charge in [0.15, 0.2) is 11.6 Å². The van der Waals surface area contributed by atoms with Gasteiger partial charge in [-0.15, -0.1) is 0 Å². The molecule has 0 unspecified atom stereocenters.